The van der Waals surface area contributed by atoms with E-state index in [-0.39, 0.29) is 0 Å². The average Bonchev–Trinajstić information content (AvgIpc) is 2.98. The van der Waals surface area contributed by atoms with Crippen LogP contribution >= 0.6 is 0 Å². The third-order valence-corrected chi connectivity index (χ3v) is 2.68. The van der Waals surface area contributed by atoms with Crippen molar-refractivity contribution in [2.24, 2.45) is 16.8 Å². The highest BCUT2D eigenvalue weighted by Gasteiger charge is 2.22. The molecule has 1 saturated carbocycles. The van der Waals surface area contributed by atoms with Gasteiger partial charge in [-0.3, -0.25) is 5.43 Å². The number of hydrogen-bond donors (Lipinski definition) is 3. The van der Waals surface area contributed by atoms with E-state index in [0.717, 1.165) is 18.9 Å². The molecule has 1 unspecified atom stereocenters. The van der Waals surface area contributed by atoms with Gasteiger partial charge in [0.1, 0.15) is 0 Å². The Morgan fingerprint density at radius 1 is 1.41 bits per heavy atom. The number of nitrogens with zero attached hydrogens (tertiary/aromatic N) is 2. The standard InChI is InChI=1S/C12H27N5/c1-9(2)7-11(8-17(3)4)15-12(16-13)14-10-5-6-10/h9-11H,5-8,13H2,1-4H3,(H2,14,15,16). The number of hydrazine groups is 1. The van der Waals surface area contributed by atoms with Gasteiger partial charge in [-0.25, -0.2) is 10.8 Å². The van der Waals surface area contributed by atoms with Crippen molar-refractivity contribution in [3.05, 3.63) is 0 Å². The van der Waals surface area contributed by atoms with E-state index in [9.17, 15) is 0 Å². The molecule has 5 heteroatoms. The number of nitrogens with one attached hydrogen (secondary N) is 2. The van der Waals surface area contributed by atoms with Crippen molar-refractivity contribution in [3.8, 4) is 0 Å². The molecule has 1 atom stereocenters. The molecule has 0 aromatic heterocycles. The van der Waals surface area contributed by atoms with E-state index in [2.05, 4.69) is 48.6 Å². The fraction of sp³-hybridized carbons (Fsp3) is 0.917. The van der Waals surface area contributed by atoms with Crippen molar-refractivity contribution >= 4 is 5.96 Å². The van der Waals surface area contributed by atoms with Crippen LogP contribution < -0.4 is 16.6 Å². The molecular weight excluding hydrogens is 214 g/mol. The molecular formula is C12H27N5. The van der Waals surface area contributed by atoms with Gasteiger partial charge in [0, 0.05) is 12.6 Å². The van der Waals surface area contributed by atoms with Crippen LogP contribution in [0.4, 0.5) is 0 Å². The van der Waals surface area contributed by atoms with Crippen LogP contribution in [0, 0.1) is 5.92 Å². The zero-order valence-corrected chi connectivity index (χ0v) is 11.5. The molecule has 17 heavy (non-hydrogen) atoms. The summed E-state index contributed by atoms with van der Waals surface area (Å²) in [4.78, 5) is 6.70. The van der Waals surface area contributed by atoms with Gasteiger partial charge < -0.3 is 10.2 Å². The Hall–Kier alpha value is -0.810. The van der Waals surface area contributed by atoms with E-state index in [4.69, 9.17) is 5.84 Å². The van der Waals surface area contributed by atoms with Gasteiger partial charge >= 0.3 is 0 Å². The summed E-state index contributed by atoms with van der Waals surface area (Å²) in [6.07, 6.45) is 3.49. The molecule has 0 aliphatic heterocycles. The zero-order valence-electron chi connectivity index (χ0n) is 11.5. The molecule has 5 nitrogen and oxygen atoms in total. The maximum atomic E-state index is 5.50. The Morgan fingerprint density at radius 2 is 2.06 bits per heavy atom. The SMILES string of the molecule is CC(C)CC(CN(C)C)NC(=NC1CC1)NN. The van der Waals surface area contributed by atoms with Crippen LogP contribution in [-0.4, -0.2) is 43.6 Å². The first-order valence-corrected chi connectivity index (χ1v) is 6.47. The van der Waals surface area contributed by atoms with Gasteiger partial charge in [-0.05, 0) is 39.3 Å². The number of hydrogen-bond acceptors (Lipinski definition) is 3. The quantitative estimate of drug-likeness (QED) is 0.275. The lowest BCUT2D eigenvalue weighted by atomic mass is 10.0. The normalized spacial score (nSPS) is 18.6. The highest BCUT2D eigenvalue weighted by molar-refractivity contribution is 5.79. The number of nitrogens with two attached hydrogens (primary N) is 1. The minimum absolute atomic E-state index is 0.388. The van der Waals surface area contributed by atoms with Crippen LogP contribution in [0.1, 0.15) is 33.1 Å². The molecule has 0 spiro atoms. The highest BCUT2D eigenvalue weighted by Crippen LogP contribution is 2.23. The van der Waals surface area contributed by atoms with Crippen molar-refractivity contribution in [1.29, 1.82) is 0 Å². The van der Waals surface area contributed by atoms with Crippen LogP contribution in [0.2, 0.25) is 0 Å². The minimum Gasteiger partial charge on any atom is -0.351 e. The first kappa shape index (κ1) is 14.3. The highest BCUT2D eigenvalue weighted by atomic mass is 15.3. The van der Waals surface area contributed by atoms with E-state index in [1.54, 1.807) is 0 Å². The largest absolute Gasteiger partial charge is 0.351 e. The van der Waals surface area contributed by atoms with Gasteiger partial charge in [-0.1, -0.05) is 13.8 Å². The van der Waals surface area contributed by atoms with Crippen LogP contribution in [0.5, 0.6) is 0 Å². The molecule has 0 bridgehead atoms. The minimum atomic E-state index is 0.388. The van der Waals surface area contributed by atoms with Crippen molar-refractivity contribution in [1.82, 2.24) is 15.6 Å². The third-order valence-electron chi connectivity index (χ3n) is 2.68. The lowest BCUT2D eigenvalue weighted by molar-refractivity contribution is 0.326. The van der Waals surface area contributed by atoms with Crippen molar-refractivity contribution in [2.45, 2.75) is 45.2 Å². The second kappa shape index (κ2) is 6.81. The molecule has 0 amide bonds. The Labute approximate surface area is 105 Å². The van der Waals surface area contributed by atoms with Gasteiger partial charge in [-0.15, -0.1) is 0 Å². The number of rotatable bonds is 6. The fourth-order valence-corrected chi connectivity index (χ4v) is 1.88. The monoisotopic (exact) mass is 241 g/mol. The number of likely N-dealkylation sites (N-methyl/N-ethyl adjacent to an activating group) is 1. The third kappa shape index (κ3) is 6.48. The van der Waals surface area contributed by atoms with E-state index in [1.807, 2.05) is 0 Å². The molecule has 1 rings (SSSR count). The molecule has 0 aromatic rings. The predicted octanol–water partition coefficient (Wildman–Crippen LogP) is 0.534. The fourth-order valence-electron chi connectivity index (χ4n) is 1.88. The first-order chi connectivity index (χ1) is 8.01. The summed E-state index contributed by atoms with van der Waals surface area (Å²) in [6.45, 7) is 5.46. The van der Waals surface area contributed by atoms with Gasteiger partial charge in [0.25, 0.3) is 0 Å². The molecule has 0 aromatic carbocycles. The van der Waals surface area contributed by atoms with E-state index < -0.39 is 0 Å². The van der Waals surface area contributed by atoms with Crippen LogP contribution in [0.3, 0.4) is 0 Å². The summed E-state index contributed by atoms with van der Waals surface area (Å²) in [5, 5.41) is 3.41. The lowest BCUT2D eigenvalue weighted by Crippen LogP contribution is -2.50. The molecule has 0 radical (unpaired) electrons. The van der Waals surface area contributed by atoms with Crippen LogP contribution in [0.25, 0.3) is 0 Å². The van der Waals surface area contributed by atoms with Crippen LogP contribution in [0.15, 0.2) is 4.99 Å². The second-order valence-corrected chi connectivity index (χ2v) is 5.59. The zero-order chi connectivity index (χ0) is 12.8. The molecule has 0 heterocycles. The Bertz CT molecular complexity index is 235. The molecule has 4 N–H and O–H groups in total. The van der Waals surface area contributed by atoms with Gasteiger partial charge in [0.05, 0.1) is 6.04 Å². The van der Waals surface area contributed by atoms with E-state index in [1.165, 1.54) is 12.8 Å². The Balaban J connectivity index is 2.49. The van der Waals surface area contributed by atoms with Crippen molar-refractivity contribution in [2.75, 3.05) is 20.6 Å². The molecule has 1 aliphatic carbocycles. The lowest BCUT2D eigenvalue weighted by Gasteiger charge is -2.25. The number of aliphatic imine (C=N–C) groups is 1. The summed E-state index contributed by atoms with van der Waals surface area (Å²) < 4.78 is 0. The van der Waals surface area contributed by atoms with Crippen LogP contribution in [-0.2, 0) is 0 Å². The maximum absolute atomic E-state index is 5.50. The number of guanidine groups is 1. The van der Waals surface area contributed by atoms with Crippen molar-refractivity contribution in [3.63, 3.8) is 0 Å². The summed E-state index contributed by atoms with van der Waals surface area (Å²) in [7, 11) is 4.17. The summed E-state index contributed by atoms with van der Waals surface area (Å²) >= 11 is 0. The van der Waals surface area contributed by atoms with Gasteiger partial charge in [0.2, 0.25) is 5.96 Å². The summed E-state index contributed by atoms with van der Waals surface area (Å²) in [5.41, 5.74) is 2.67. The first-order valence-electron chi connectivity index (χ1n) is 6.47. The van der Waals surface area contributed by atoms with Gasteiger partial charge in [0.15, 0.2) is 0 Å². The molecule has 100 valence electrons. The molecule has 1 fully saturated rings. The van der Waals surface area contributed by atoms with Crippen molar-refractivity contribution < 1.29 is 0 Å². The maximum Gasteiger partial charge on any atom is 0.206 e. The Kier molecular flexibility index (Phi) is 5.71. The average molecular weight is 241 g/mol. The smallest absolute Gasteiger partial charge is 0.206 e. The molecule has 1 aliphatic rings. The topological polar surface area (TPSA) is 65.7 Å². The van der Waals surface area contributed by atoms with E-state index >= 15 is 0 Å². The predicted molar refractivity (Wildman–Crippen MR) is 72.7 cm³/mol. The second-order valence-electron chi connectivity index (χ2n) is 5.59. The summed E-state index contributed by atoms with van der Waals surface area (Å²) in [6, 6.07) is 0.867. The van der Waals surface area contributed by atoms with E-state index in [0.29, 0.717) is 18.0 Å². The van der Waals surface area contributed by atoms with Gasteiger partial charge in [-0.2, -0.15) is 0 Å². The summed E-state index contributed by atoms with van der Waals surface area (Å²) in [5.74, 6) is 6.90. The molecule has 0 saturated heterocycles. The Morgan fingerprint density at radius 3 is 2.47 bits per heavy atom.